The van der Waals surface area contributed by atoms with Gasteiger partial charge in [-0.1, -0.05) is 31.5 Å². The Balaban J connectivity index is 2.77. The summed E-state index contributed by atoms with van der Waals surface area (Å²) < 4.78 is 0. The van der Waals surface area contributed by atoms with E-state index in [0.717, 1.165) is 18.4 Å². The third kappa shape index (κ3) is 3.17. The third-order valence-electron chi connectivity index (χ3n) is 3.01. The monoisotopic (exact) mass is 219 g/mol. The molecule has 0 radical (unpaired) electrons. The van der Waals surface area contributed by atoms with Crippen molar-refractivity contribution in [1.29, 1.82) is 0 Å². The summed E-state index contributed by atoms with van der Waals surface area (Å²) in [6.07, 6.45) is 2.21. The van der Waals surface area contributed by atoms with E-state index in [4.69, 9.17) is 5.73 Å². The van der Waals surface area contributed by atoms with Crippen LogP contribution >= 0.6 is 0 Å². The van der Waals surface area contributed by atoms with Crippen LogP contribution in [0.1, 0.15) is 36.5 Å². The molecule has 0 aromatic heterocycles. The summed E-state index contributed by atoms with van der Waals surface area (Å²) in [6.45, 7) is 6.13. The van der Waals surface area contributed by atoms with Crippen LogP contribution in [0.15, 0.2) is 18.2 Å². The van der Waals surface area contributed by atoms with E-state index in [1.807, 2.05) is 39.0 Å². The van der Waals surface area contributed by atoms with Crippen molar-refractivity contribution in [3.8, 4) is 0 Å². The highest BCUT2D eigenvalue weighted by molar-refractivity contribution is 5.86. The van der Waals surface area contributed by atoms with Crippen LogP contribution in [-0.2, 0) is 11.2 Å². The lowest BCUT2D eigenvalue weighted by Crippen LogP contribution is -2.31. The Hall–Kier alpha value is -1.15. The Morgan fingerprint density at radius 2 is 1.88 bits per heavy atom. The molecule has 0 saturated heterocycles. The molecule has 0 aliphatic carbocycles. The normalized spacial score (nSPS) is 12.5. The minimum atomic E-state index is -0.302. The van der Waals surface area contributed by atoms with E-state index in [-0.39, 0.29) is 11.8 Å². The lowest BCUT2D eigenvalue weighted by atomic mass is 9.95. The number of ketones is 1. The van der Waals surface area contributed by atoms with Gasteiger partial charge in [-0.25, -0.2) is 0 Å². The zero-order valence-corrected chi connectivity index (χ0v) is 10.4. The zero-order chi connectivity index (χ0) is 12.1. The number of rotatable bonds is 5. The van der Waals surface area contributed by atoms with Gasteiger partial charge in [-0.15, -0.1) is 0 Å². The van der Waals surface area contributed by atoms with Crippen molar-refractivity contribution in [2.24, 2.45) is 5.73 Å². The molecule has 2 nitrogen and oxygen atoms in total. The highest BCUT2D eigenvalue weighted by Crippen LogP contribution is 2.15. The zero-order valence-electron chi connectivity index (χ0n) is 10.4. The SMILES string of the molecule is CCCC(N)C(=O)Cc1c(C)cccc1C. The van der Waals surface area contributed by atoms with Crippen molar-refractivity contribution in [2.75, 3.05) is 0 Å². The van der Waals surface area contributed by atoms with Crippen LogP contribution in [0.2, 0.25) is 0 Å². The maximum absolute atomic E-state index is 11.9. The second-order valence-electron chi connectivity index (χ2n) is 4.41. The molecule has 1 rings (SSSR count). The molecular formula is C14H21NO. The van der Waals surface area contributed by atoms with Gasteiger partial charge in [-0.2, -0.15) is 0 Å². The molecule has 2 heteroatoms. The van der Waals surface area contributed by atoms with E-state index < -0.39 is 0 Å². The van der Waals surface area contributed by atoms with Crippen LogP contribution in [0.25, 0.3) is 0 Å². The van der Waals surface area contributed by atoms with E-state index in [1.165, 1.54) is 11.1 Å². The third-order valence-corrected chi connectivity index (χ3v) is 3.01. The highest BCUT2D eigenvalue weighted by atomic mass is 16.1. The summed E-state index contributed by atoms with van der Waals surface area (Å²) in [6, 6.07) is 5.80. The van der Waals surface area contributed by atoms with Gasteiger partial charge in [0.05, 0.1) is 6.04 Å². The topological polar surface area (TPSA) is 43.1 Å². The average molecular weight is 219 g/mol. The molecule has 0 aliphatic heterocycles. The van der Waals surface area contributed by atoms with Gasteiger partial charge in [0.2, 0.25) is 0 Å². The average Bonchev–Trinajstić information content (AvgIpc) is 2.23. The predicted molar refractivity (Wildman–Crippen MR) is 67.5 cm³/mol. The molecule has 16 heavy (non-hydrogen) atoms. The largest absolute Gasteiger partial charge is 0.321 e. The summed E-state index contributed by atoms with van der Waals surface area (Å²) >= 11 is 0. The highest BCUT2D eigenvalue weighted by Gasteiger charge is 2.14. The molecule has 0 amide bonds. The van der Waals surface area contributed by atoms with Crippen LogP contribution in [0.4, 0.5) is 0 Å². The standard InChI is InChI=1S/C14H21NO/c1-4-6-13(15)14(16)9-12-10(2)7-5-8-11(12)3/h5,7-8,13H,4,6,9,15H2,1-3H3. The Morgan fingerprint density at radius 1 is 1.31 bits per heavy atom. The molecule has 0 fully saturated rings. The predicted octanol–water partition coefficient (Wildman–Crippen LogP) is 2.54. The maximum Gasteiger partial charge on any atom is 0.153 e. The number of carbonyl (C=O) groups excluding carboxylic acids is 1. The van der Waals surface area contributed by atoms with Crippen molar-refractivity contribution in [1.82, 2.24) is 0 Å². The number of Topliss-reactive ketones (excluding diaryl/α,β-unsaturated/α-hetero) is 1. The first-order valence-electron chi connectivity index (χ1n) is 5.89. The minimum absolute atomic E-state index is 0.152. The molecule has 1 aromatic rings. The van der Waals surface area contributed by atoms with E-state index >= 15 is 0 Å². The van der Waals surface area contributed by atoms with Gasteiger partial charge < -0.3 is 5.73 Å². The smallest absolute Gasteiger partial charge is 0.153 e. The molecule has 1 atom stereocenters. The fourth-order valence-corrected chi connectivity index (χ4v) is 1.91. The van der Waals surface area contributed by atoms with Gasteiger partial charge in [0.1, 0.15) is 0 Å². The molecule has 1 unspecified atom stereocenters. The molecule has 0 spiro atoms. The lowest BCUT2D eigenvalue weighted by Gasteiger charge is -2.12. The minimum Gasteiger partial charge on any atom is -0.321 e. The fourth-order valence-electron chi connectivity index (χ4n) is 1.91. The number of hydrogen-bond acceptors (Lipinski definition) is 2. The van der Waals surface area contributed by atoms with Crippen molar-refractivity contribution >= 4 is 5.78 Å². The molecular weight excluding hydrogens is 198 g/mol. The number of benzene rings is 1. The molecule has 0 heterocycles. The van der Waals surface area contributed by atoms with Gasteiger partial charge >= 0.3 is 0 Å². The summed E-state index contributed by atoms with van der Waals surface area (Å²) in [5.41, 5.74) is 9.32. The summed E-state index contributed by atoms with van der Waals surface area (Å²) in [4.78, 5) is 11.9. The van der Waals surface area contributed by atoms with E-state index in [1.54, 1.807) is 0 Å². The number of hydrogen-bond donors (Lipinski definition) is 1. The first kappa shape index (κ1) is 12.9. The van der Waals surface area contributed by atoms with Crippen LogP contribution < -0.4 is 5.73 Å². The Kier molecular flexibility index (Phi) is 4.69. The Bertz CT molecular complexity index is 351. The Labute approximate surface area is 97.9 Å². The Morgan fingerprint density at radius 3 is 2.38 bits per heavy atom. The van der Waals surface area contributed by atoms with E-state index in [0.29, 0.717) is 6.42 Å². The van der Waals surface area contributed by atoms with Gasteiger partial charge in [0.15, 0.2) is 5.78 Å². The molecule has 0 bridgehead atoms. The number of nitrogens with two attached hydrogens (primary N) is 1. The van der Waals surface area contributed by atoms with Gasteiger partial charge in [-0.3, -0.25) is 4.79 Å². The van der Waals surface area contributed by atoms with Crippen LogP contribution in [0.5, 0.6) is 0 Å². The van der Waals surface area contributed by atoms with Gasteiger partial charge in [0.25, 0.3) is 0 Å². The molecule has 0 aliphatic rings. The lowest BCUT2D eigenvalue weighted by molar-refractivity contribution is -0.119. The van der Waals surface area contributed by atoms with Crippen molar-refractivity contribution in [3.63, 3.8) is 0 Å². The molecule has 1 aromatic carbocycles. The molecule has 0 saturated carbocycles. The fraction of sp³-hybridized carbons (Fsp3) is 0.500. The number of carbonyl (C=O) groups is 1. The summed E-state index contributed by atoms with van der Waals surface area (Å²) in [7, 11) is 0. The van der Waals surface area contributed by atoms with Crippen LogP contribution in [-0.4, -0.2) is 11.8 Å². The van der Waals surface area contributed by atoms with Crippen molar-refractivity contribution in [2.45, 2.75) is 46.1 Å². The van der Waals surface area contributed by atoms with Crippen LogP contribution in [0.3, 0.4) is 0 Å². The first-order chi connectivity index (χ1) is 7.56. The van der Waals surface area contributed by atoms with Crippen LogP contribution in [0, 0.1) is 13.8 Å². The van der Waals surface area contributed by atoms with E-state index in [2.05, 4.69) is 0 Å². The second-order valence-corrected chi connectivity index (χ2v) is 4.41. The molecule has 88 valence electrons. The summed E-state index contributed by atoms with van der Waals surface area (Å²) in [5, 5.41) is 0. The summed E-state index contributed by atoms with van der Waals surface area (Å²) in [5.74, 6) is 0.152. The van der Waals surface area contributed by atoms with Gasteiger partial charge in [-0.05, 0) is 37.0 Å². The quantitative estimate of drug-likeness (QED) is 0.827. The van der Waals surface area contributed by atoms with Crippen molar-refractivity contribution in [3.05, 3.63) is 34.9 Å². The molecule has 2 N–H and O–H groups in total. The maximum atomic E-state index is 11.9. The van der Waals surface area contributed by atoms with Gasteiger partial charge in [0, 0.05) is 6.42 Å². The van der Waals surface area contributed by atoms with E-state index in [9.17, 15) is 4.79 Å². The van der Waals surface area contributed by atoms with Crippen molar-refractivity contribution < 1.29 is 4.79 Å². The number of aryl methyl sites for hydroxylation is 2. The first-order valence-corrected chi connectivity index (χ1v) is 5.89. The second kappa shape index (κ2) is 5.80.